The van der Waals surface area contributed by atoms with Gasteiger partial charge in [0.1, 0.15) is 0 Å². The van der Waals surface area contributed by atoms with Crippen molar-refractivity contribution in [2.75, 3.05) is 6.54 Å². The largest absolute Gasteiger partial charge is 0.393 e. The first-order valence-electron chi connectivity index (χ1n) is 6.15. The molecule has 0 radical (unpaired) electrons. The summed E-state index contributed by atoms with van der Waals surface area (Å²) in [6.45, 7) is 3.50. The van der Waals surface area contributed by atoms with E-state index in [1.807, 2.05) is 0 Å². The Labute approximate surface area is 87.1 Å². The highest BCUT2D eigenvalue weighted by Gasteiger charge is 2.28. The zero-order valence-corrected chi connectivity index (χ0v) is 9.21. The van der Waals surface area contributed by atoms with Crippen molar-refractivity contribution in [3.8, 4) is 0 Å². The first kappa shape index (κ1) is 10.4. The lowest BCUT2D eigenvalue weighted by Crippen LogP contribution is -2.41. The second-order valence-electron chi connectivity index (χ2n) is 5.37. The predicted octanol–water partition coefficient (Wildman–Crippen LogP) is 1.93. The highest BCUT2D eigenvalue weighted by Crippen LogP contribution is 2.28. The molecule has 2 fully saturated rings. The Morgan fingerprint density at radius 3 is 2.64 bits per heavy atom. The van der Waals surface area contributed by atoms with E-state index in [0.29, 0.717) is 0 Å². The number of aliphatic hydroxyl groups excluding tert-OH is 1. The van der Waals surface area contributed by atoms with Gasteiger partial charge in [-0.1, -0.05) is 19.8 Å². The SMILES string of the molecule is CC1CCCC(NCC2CC(O)C2)C1. The van der Waals surface area contributed by atoms with E-state index in [1.54, 1.807) is 0 Å². The molecule has 2 atom stereocenters. The van der Waals surface area contributed by atoms with Crippen LogP contribution < -0.4 is 5.32 Å². The summed E-state index contributed by atoms with van der Waals surface area (Å²) in [5, 5.41) is 12.8. The highest BCUT2D eigenvalue weighted by atomic mass is 16.3. The van der Waals surface area contributed by atoms with E-state index < -0.39 is 0 Å². The molecule has 0 bridgehead atoms. The van der Waals surface area contributed by atoms with Gasteiger partial charge in [-0.25, -0.2) is 0 Å². The predicted molar refractivity (Wildman–Crippen MR) is 58.2 cm³/mol. The molecule has 0 aliphatic heterocycles. The standard InChI is InChI=1S/C12H23NO/c1-9-3-2-4-11(5-9)13-8-10-6-12(14)7-10/h9-14H,2-8H2,1H3. The smallest absolute Gasteiger partial charge is 0.0546 e. The Morgan fingerprint density at radius 1 is 1.21 bits per heavy atom. The number of hydrogen-bond donors (Lipinski definition) is 2. The van der Waals surface area contributed by atoms with Gasteiger partial charge >= 0.3 is 0 Å². The van der Waals surface area contributed by atoms with E-state index in [9.17, 15) is 0 Å². The summed E-state index contributed by atoms with van der Waals surface area (Å²) in [5.41, 5.74) is 0. The first-order valence-corrected chi connectivity index (χ1v) is 6.15. The Bertz CT molecular complexity index is 177. The Morgan fingerprint density at radius 2 is 2.00 bits per heavy atom. The summed E-state index contributed by atoms with van der Waals surface area (Å²) < 4.78 is 0. The molecule has 0 saturated heterocycles. The molecular weight excluding hydrogens is 174 g/mol. The van der Waals surface area contributed by atoms with Crippen LogP contribution in [0.2, 0.25) is 0 Å². The Kier molecular flexibility index (Phi) is 3.45. The highest BCUT2D eigenvalue weighted by molar-refractivity contribution is 4.83. The lowest BCUT2D eigenvalue weighted by molar-refractivity contribution is 0.0408. The molecular formula is C12H23NO. The van der Waals surface area contributed by atoms with Crippen molar-refractivity contribution in [1.82, 2.24) is 5.32 Å². The molecule has 0 aromatic carbocycles. The molecule has 2 rings (SSSR count). The van der Waals surface area contributed by atoms with Gasteiger partial charge in [0.05, 0.1) is 6.10 Å². The number of rotatable bonds is 3. The van der Waals surface area contributed by atoms with Crippen molar-refractivity contribution < 1.29 is 5.11 Å². The third kappa shape index (κ3) is 2.71. The van der Waals surface area contributed by atoms with Gasteiger partial charge in [-0.15, -0.1) is 0 Å². The van der Waals surface area contributed by atoms with Crippen LogP contribution in [-0.4, -0.2) is 23.8 Å². The molecule has 0 heterocycles. The summed E-state index contributed by atoms with van der Waals surface area (Å²) in [7, 11) is 0. The van der Waals surface area contributed by atoms with Gasteiger partial charge in [0.2, 0.25) is 0 Å². The average Bonchev–Trinajstić information content (AvgIpc) is 2.11. The summed E-state index contributed by atoms with van der Waals surface area (Å²) in [6.07, 6.45) is 7.58. The number of aliphatic hydroxyl groups is 1. The molecule has 2 unspecified atom stereocenters. The van der Waals surface area contributed by atoms with Crippen molar-refractivity contribution in [1.29, 1.82) is 0 Å². The second-order valence-corrected chi connectivity index (χ2v) is 5.37. The molecule has 2 heteroatoms. The molecule has 2 nitrogen and oxygen atoms in total. The van der Waals surface area contributed by atoms with Gasteiger partial charge < -0.3 is 10.4 Å². The van der Waals surface area contributed by atoms with E-state index in [1.165, 1.54) is 25.7 Å². The minimum Gasteiger partial charge on any atom is -0.393 e. The van der Waals surface area contributed by atoms with E-state index in [4.69, 9.17) is 5.11 Å². The van der Waals surface area contributed by atoms with Gasteiger partial charge in [0.25, 0.3) is 0 Å². The zero-order valence-electron chi connectivity index (χ0n) is 9.21. The van der Waals surface area contributed by atoms with Gasteiger partial charge in [-0.05, 0) is 44.1 Å². The molecule has 0 spiro atoms. The minimum absolute atomic E-state index is 0.00656. The normalized spacial score (nSPS) is 43.3. The molecule has 14 heavy (non-hydrogen) atoms. The topological polar surface area (TPSA) is 32.3 Å². The molecule has 2 aliphatic carbocycles. The van der Waals surface area contributed by atoms with Crippen molar-refractivity contribution in [2.45, 2.75) is 57.6 Å². The van der Waals surface area contributed by atoms with E-state index in [0.717, 1.165) is 37.3 Å². The summed E-state index contributed by atoms with van der Waals surface area (Å²) in [4.78, 5) is 0. The third-order valence-electron chi connectivity index (χ3n) is 3.84. The van der Waals surface area contributed by atoms with Crippen LogP contribution in [-0.2, 0) is 0 Å². The number of hydrogen-bond acceptors (Lipinski definition) is 2. The van der Waals surface area contributed by atoms with E-state index in [2.05, 4.69) is 12.2 Å². The van der Waals surface area contributed by atoms with Crippen LogP contribution in [0, 0.1) is 11.8 Å². The average molecular weight is 197 g/mol. The van der Waals surface area contributed by atoms with Crippen LogP contribution in [0.5, 0.6) is 0 Å². The van der Waals surface area contributed by atoms with Gasteiger partial charge in [-0.2, -0.15) is 0 Å². The molecule has 82 valence electrons. The third-order valence-corrected chi connectivity index (χ3v) is 3.84. The van der Waals surface area contributed by atoms with Crippen molar-refractivity contribution >= 4 is 0 Å². The van der Waals surface area contributed by atoms with Crippen molar-refractivity contribution in [3.63, 3.8) is 0 Å². The Balaban J connectivity index is 1.60. The molecule has 2 aliphatic rings. The van der Waals surface area contributed by atoms with Crippen LogP contribution >= 0.6 is 0 Å². The lowest BCUT2D eigenvalue weighted by atomic mass is 9.81. The van der Waals surface area contributed by atoms with Crippen molar-refractivity contribution in [3.05, 3.63) is 0 Å². The fourth-order valence-electron chi connectivity index (χ4n) is 2.82. The summed E-state index contributed by atoms with van der Waals surface area (Å²) in [6, 6.07) is 0.761. The Hall–Kier alpha value is -0.0800. The van der Waals surface area contributed by atoms with Crippen LogP contribution in [0.25, 0.3) is 0 Å². The number of nitrogens with one attached hydrogen (secondary N) is 1. The fraction of sp³-hybridized carbons (Fsp3) is 1.00. The van der Waals surface area contributed by atoms with E-state index >= 15 is 0 Å². The van der Waals surface area contributed by atoms with Crippen LogP contribution in [0.4, 0.5) is 0 Å². The van der Waals surface area contributed by atoms with Crippen molar-refractivity contribution in [2.24, 2.45) is 11.8 Å². The maximum Gasteiger partial charge on any atom is 0.0546 e. The summed E-state index contributed by atoms with van der Waals surface area (Å²) >= 11 is 0. The monoisotopic (exact) mass is 197 g/mol. The quantitative estimate of drug-likeness (QED) is 0.724. The molecule has 0 aromatic rings. The second kappa shape index (κ2) is 4.63. The summed E-state index contributed by atoms with van der Waals surface area (Å²) in [5.74, 6) is 1.66. The van der Waals surface area contributed by atoms with E-state index in [-0.39, 0.29) is 6.10 Å². The molecule has 2 N–H and O–H groups in total. The first-order chi connectivity index (χ1) is 6.74. The lowest BCUT2D eigenvalue weighted by Gasteiger charge is -2.34. The van der Waals surface area contributed by atoms with Crippen LogP contribution in [0.1, 0.15) is 45.4 Å². The van der Waals surface area contributed by atoms with Gasteiger partial charge in [0, 0.05) is 6.04 Å². The fourth-order valence-corrected chi connectivity index (χ4v) is 2.82. The minimum atomic E-state index is 0.00656. The van der Waals surface area contributed by atoms with Crippen LogP contribution in [0.15, 0.2) is 0 Å². The maximum atomic E-state index is 9.17. The molecule has 0 aromatic heterocycles. The maximum absolute atomic E-state index is 9.17. The molecule has 2 saturated carbocycles. The van der Waals surface area contributed by atoms with Crippen LogP contribution in [0.3, 0.4) is 0 Å². The molecule has 0 amide bonds. The van der Waals surface area contributed by atoms with Gasteiger partial charge in [-0.3, -0.25) is 0 Å². The van der Waals surface area contributed by atoms with Gasteiger partial charge in [0.15, 0.2) is 0 Å². The zero-order chi connectivity index (χ0) is 9.97.